The second-order valence-corrected chi connectivity index (χ2v) is 6.58. The van der Waals surface area contributed by atoms with Gasteiger partial charge in [-0.3, -0.25) is 4.79 Å². The molecule has 0 fully saturated rings. The Bertz CT molecular complexity index is 754. The lowest BCUT2D eigenvalue weighted by Gasteiger charge is -2.09. The van der Waals surface area contributed by atoms with Gasteiger partial charge in [0.1, 0.15) is 0 Å². The smallest absolute Gasteiger partial charge is 0.272 e. The second-order valence-electron chi connectivity index (χ2n) is 6.58. The SMILES string of the molecule is Cc1ccc(-n2nc(C(=O)NCCCCN)c3c2CCC3)c(C)c1.Cl. The van der Waals surface area contributed by atoms with Crippen molar-refractivity contribution >= 4 is 18.3 Å². The number of aromatic nitrogens is 2. The van der Waals surface area contributed by atoms with Gasteiger partial charge in [0.2, 0.25) is 0 Å². The average molecular weight is 363 g/mol. The van der Waals surface area contributed by atoms with E-state index in [0.717, 1.165) is 43.4 Å². The van der Waals surface area contributed by atoms with Crippen LogP contribution in [0, 0.1) is 13.8 Å². The Morgan fingerprint density at radius 3 is 2.80 bits per heavy atom. The first-order valence-electron chi connectivity index (χ1n) is 8.78. The summed E-state index contributed by atoms with van der Waals surface area (Å²) < 4.78 is 1.98. The molecule has 0 spiro atoms. The molecule has 1 aliphatic carbocycles. The van der Waals surface area contributed by atoms with E-state index in [-0.39, 0.29) is 18.3 Å². The number of carbonyl (C=O) groups excluding carboxylic acids is 1. The van der Waals surface area contributed by atoms with E-state index in [1.54, 1.807) is 0 Å². The first kappa shape index (κ1) is 19.5. The molecule has 6 heteroatoms. The van der Waals surface area contributed by atoms with Crippen LogP contribution in [0.25, 0.3) is 5.69 Å². The fourth-order valence-corrected chi connectivity index (χ4v) is 3.42. The molecule has 25 heavy (non-hydrogen) atoms. The van der Waals surface area contributed by atoms with Gasteiger partial charge in [-0.2, -0.15) is 5.10 Å². The zero-order valence-corrected chi connectivity index (χ0v) is 15.8. The van der Waals surface area contributed by atoms with Gasteiger partial charge in [-0.1, -0.05) is 17.7 Å². The minimum Gasteiger partial charge on any atom is -0.351 e. The van der Waals surface area contributed by atoms with Crippen LogP contribution in [0.4, 0.5) is 0 Å². The van der Waals surface area contributed by atoms with Crippen molar-refractivity contribution in [2.75, 3.05) is 13.1 Å². The van der Waals surface area contributed by atoms with E-state index in [1.807, 2.05) is 4.68 Å². The Morgan fingerprint density at radius 1 is 1.28 bits per heavy atom. The highest BCUT2D eigenvalue weighted by atomic mass is 35.5. The van der Waals surface area contributed by atoms with Crippen molar-refractivity contribution < 1.29 is 4.79 Å². The first-order valence-corrected chi connectivity index (χ1v) is 8.78. The summed E-state index contributed by atoms with van der Waals surface area (Å²) in [6, 6.07) is 6.35. The van der Waals surface area contributed by atoms with Crippen molar-refractivity contribution in [1.82, 2.24) is 15.1 Å². The summed E-state index contributed by atoms with van der Waals surface area (Å²) >= 11 is 0. The van der Waals surface area contributed by atoms with Crippen LogP contribution in [0.2, 0.25) is 0 Å². The predicted molar refractivity (Wildman–Crippen MR) is 103 cm³/mol. The number of nitrogens with zero attached hydrogens (tertiary/aromatic N) is 2. The minimum absolute atomic E-state index is 0. The zero-order valence-electron chi connectivity index (χ0n) is 15.0. The Balaban J connectivity index is 0.00000225. The lowest BCUT2D eigenvalue weighted by atomic mass is 10.1. The van der Waals surface area contributed by atoms with Gasteiger partial charge in [0.25, 0.3) is 5.91 Å². The van der Waals surface area contributed by atoms with Gasteiger partial charge in [-0.15, -0.1) is 12.4 Å². The third-order valence-corrected chi connectivity index (χ3v) is 4.64. The maximum atomic E-state index is 12.5. The van der Waals surface area contributed by atoms with Crippen molar-refractivity contribution in [3.63, 3.8) is 0 Å². The molecular formula is C19H27ClN4O. The second kappa shape index (κ2) is 8.50. The summed E-state index contributed by atoms with van der Waals surface area (Å²) in [6.07, 6.45) is 4.84. The van der Waals surface area contributed by atoms with E-state index < -0.39 is 0 Å². The molecule has 1 aliphatic rings. The third-order valence-electron chi connectivity index (χ3n) is 4.64. The molecule has 0 saturated carbocycles. The summed E-state index contributed by atoms with van der Waals surface area (Å²) in [5.41, 5.74) is 11.9. The van der Waals surface area contributed by atoms with Gasteiger partial charge >= 0.3 is 0 Å². The van der Waals surface area contributed by atoms with Gasteiger partial charge in [-0.25, -0.2) is 4.68 Å². The van der Waals surface area contributed by atoms with Crippen LogP contribution in [-0.2, 0) is 12.8 Å². The number of halogens is 1. The molecule has 0 atom stereocenters. The highest BCUT2D eigenvalue weighted by Crippen LogP contribution is 2.29. The lowest BCUT2D eigenvalue weighted by molar-refractivity contribution is 0.0946. The number of unbranched alkanes of at least 4 members (excludes halogenated alkanes) is 1. The van der Waals surface area contributed by atoms with Crippen LogP contribution >= 0.6 is 12.4 Å². The summed E-state index contributed by atoms with van der Waals surface area (Å²) in [5, 5.41) is 7.65. The molecule has 0 bridgehead atoms. The number of nitrogens with one attached hydrogen (secondary N) is 1. The number of carbonyl (C=O) groups is 1. The van der Waals surface area contributed by atoms with E-state index in [2.05, 4.69) is 42.5 Å². The van der Waals surface area contributed by atoms with E-state index in [1.165, 1.54) is 16.8 Å². The molecule has 1 aromatic carbocycles. The average Bonchev–Trinajstić information content (AvgIpc) is 3.14. The van der Waals surface area contributed by atoms with Gasteiger partial charge < -0.3 is 11.1 Å². The maximum Gasteiger partial charge on any atom is 0.272 e. The molecule has 2 aromatic rings. The zero-order chi connectivity index (χ0) is 17.1. The Morgan fingerprint density at radius 2 is 2.08 bits per heavy atom. The molecule has 1 amide bonds. The highest BCUT2D eigenvalue weighted by Gasteiger charge is 2.27. The molecule has 5 nitrogen and oxygen atoms in total. The Kier molecular flexibility index (Phi) is 6.62. The largest absolute Gasteiger partial charge is 0.351 e. The predicted octanol–water partition coefficient (Wildman–Crippen LogP) is 2.87. The number of hydrogen-bond acceptors (Lipinski definition) is 3. The van der Waals surface area contributed by atoms with Crippen LogP contribution in [-0.4, -0.2) is 28.8 Å². The molecule has 3 N–H and O–H groups in total. The fraction of sp³-hybridized carbons (Fsp3) is 0.474. The van der Waals surface area contributed by atoms with Gasteiger partial charge in [0, 0.05) is 17.8 Å². The normalized spacial score (nSPS) is 12.6. The number of benzene rings is 1. The Hall–Kier alpha value is -1.85. The molecule has 0 saturated heterocycles. The van der Waals surface area contributed by atoms with Crippen LogP contribution in [0.1, 0.15) is 52.1 Å². The summed E-state index contributed by atoms with van der Waals surface area (Å²) in [4.78, 5) is 12.5. The van der Waals surface area contributed by atoms with Crippen molar-refractivity contribution in [1.29, 1.82) is 0 Å². The number of hydrogen-bond donors (Lipinski definition) is 2. The topological polar surface area (TPSA) is 72.9 Å². The van der Waals surface area contributed by atoms with E-state index >= 15 is 0 Å². The standard InChI is InChI=1S/C19H26N4O.ClH/c1-13-8-9-16(14(2)12-13)23-17-7-5-6-15(17)18(22-23)19(24)21-11-4-3-10-20;/h8-9,12H,3-7,10-11,20H2,1-2H3,(H,21,24);1H. The van der Waals surface area contributed by atoms with E-state index in [4.69, 9.17) is 5.73 Å². The summed E-state index contributed by atoms with van der Waals surface area (Å²) in [7, 11) is 0. The molecular weight excluding hydrogens is 336 g/mol. The van der Waals surface area contributed by atoms with Crippen molar-refractivity contribution in [2.45, 2.75) is 46.0 Å². The van der Waals surface area contributed by atoms with Crippen LogP contribution in [0.5, 0.6) is 0 Å². The molecule has 0 radical (unpaired) electrons. The van der Waals surface area contributed by atoms with Crippen LogP contribution in [0.15, 0.2) is 18.2 Å². The Labute approximate surface area is 155 Å². The number of fused-ring (bicyclic) bond motifs is 1. The van der Waals surface area contributed by atoms with Crippen molar-refractivity contribution in [3.8, 4) is 5.69 Å². The third kappa shape index (κ3) is 4.05. The first-order chi connectivity index (χ1) is 11.6. The number of amides is 1. The molecule has 0 unspecified atom stereocenters. The molecule has 0 aliphatic heterocycles. The van der Waals surface area contributed by atoms with E-state index in [0.29, 0.717) is 18.8 Å². The fourth-order valence-electron chi connectivity index (χ4n) is 3.42. The van der Waals surface area contributed by atoms with Crippen LogP contribution < -0.4 is 11.1 Å². The maximum absolute atomic E-state index is 12.5. The molecule has 136 valence electrons. The van der Waals surface area contributed by atoms with Gasteiger partial charge in [0.15, 0.2) is 5.69 Å². The summed E-state index contributed by atoms with van der Waals surface area (Å²) in [5.74, 6) is -0.0614. The minimum atomic E-state index is -0.0614. The highest BCUT2D eigenvalue weighted by molar-refractivity contribution is 5.94. The number of aryl methyl sites for hydroxylation is 2. The monoisotopic (exact) mass is 362 g/mol. The molecule has 1 heterocycles. The van der Waals surface area contributed by atoms with Crippen molar-refractivity contribution in [3.05, 3.63) is 46.3 Å². The summed E-state index contributed by atoms with van der Waals surface area (Å²) in [6.45, 7) is 5.50. The van der Waals surface area contributed by atoms with E-state index in [9.17, 15) is 4.79 Å². The molecule has 3 rings (SSSR count). The van der Waals surface area contributed by atoms with Crippen molar-refractivity contribution in [2.24, 2.45) is 5.73 Å². The molecule has 1 aromatic heterocycles. The van der Waals surface area contributed by atoms with Crippen LogP contribution in [0.3, 0.4) is 0 Å². The number of rotatable bonds is 6. The van der Waals surface area contributed by atoms with Gasteiger partial charge in [-0.05, 0) is 64.1 Å². The quantitative estimate of drug-likeness (QED) is 0.776. The lowest BCUT2D eigenvalue weighted by Crippen LogP contribution is -2.26. The van der Waals surface area contributed by atoms with Gasteiger partial charge in [0.05, 0.1) is 5.69 Å². The number of nitrogens with two attached hydrogens (primary N) is 1.